The van der Waals surface area contributed by atoms with Crippen LogP contribution in [0, 0.1) is 0 Å². The molecule has 0 saturated heterocycles. The summed E-state index contributed by atoms with van der Waals surface area (Å²) >= 11 is 0. The van der Waals surface area contributed by atoms with E-state index in [1.165, 1.54) is 0 Å². The summed E-state index contributed by atoms with van der Waals surface area (Å²) in [6, 6.07) is 7.96. The maximum atomic E-state index is 11.9. The summed E-state index contributed by atoms with van der Waals surface area (Å²) in [4.78, 5) is 11.9. The first-order valence-electron chi connectivity index (χ1n) is 7.06. The van der Waals surface area contributed by atoms with E-state index in [0.717, 1.165) is 17.7 Å². The Morgan fingerprint density at radius 3 is 2.70 bits per heavy atom. The van der Waals surface area contributed by atoms with Crippen LogP contribution in [0.4, 0.5) is 0 Å². The van der Waals surface area contributed by atoms with Gasteiger partial charge in [-0.15, -0.1) is 0 Å². The fourth-order valence-corrected chi connectivity index (χ4v) is 1.78. The van der Waals surface area contributed by atoms with E-state index in [1.807, 2.05) is 45.0 Å². The minimum Gasteiger partial charge on any atom is -0.497 e. The molecule has 0 bridgehead atoms. The second-order valence-corrected chi connectivity index (χ2v) is 5.66. The van der Waals surface area contributed by atoms with Crippen LogP contribution >= 0.6 is 0 Å². The topological polar surface area (TPSA) is 50.4 Å². The van der Waals surface area contributed by atoms with Crippen molar-refractivity contribution in [1.29, 1.82) is 0 Å². The van der Waals surface area contributed by atoms with Crippen LogP contribution in [0.5, 0.6) is 5.75 Å². The van der Waals surface area contributed by atoms with Gasteiger partial charge < -0.3 is 15.4 Å². The first-order chi connectivity index (χ1) is 9.38. The van der Waals surface area contributed by atoms with Gasteiger partial charge >= 0.3 is 0 Å². The van der Waals surface area contributed by atoms with Gasteiger partial charge in [-0.2, -0.15) is 0 Å². The molecule has 2 N–H and O–H groups in total. The van der Waals surface area contributed by atoms with Gasteiger partial charge in [-0.3, -0.25) is 4.79 Å². The number of carbonyl (C=O) groups excluding carboxylic acids is 1. The Kier molecular flexibility index (Phi) is 6.02. The quantitative estimate of drug-likeness (QED) is 0.806. The first-order valence-corrected chi connectivity index (χ1v) is 7.06. The maximum absolute atomic E-state index is 11.9. The lowest BCUT2D eigenvalue weighted by atomic mass is 10.0. The highest BCUT2D eigenvalue weighted by Gasteiger charge is 2.18. The highest BCUT2D eigenvalue weighted by Crippen LogP contribution is 2.18. The minimum atomic E-state index is -0.155. The lowest BCUT2D eigenvalue weighted by Gasteiger charge is -2.25. The molecular formula is C16H26N2O2. The van der Waals surface area contributed by atoms with E-state index in [9.17, 15) is 4.79 Å². The predicted octanol–water partition coefficient (Wildman–Crippen LogP) is 2.65. The average molecular weight is 278 g/mol. The summed E-state index contributed by atoms with van der Waals surface area (Å²) in [6.07, 6.45) is 0.907. The smallest absolute Gasteiger partial charge is 0.234 e. The average Bonchev–Trinajstić information content (AvgIpc) is 2.44. The van der Waals surface area contributed by atoms with Gasteiger partial charge in [0, 0.05) is 11.6 Å². The van der Waals surface area contributed by atoms with Crippen molar-refractivity contribution in [3.63, 3.8) is 0 Å². The number of methoxy groups -OCH3 is 1. The lowest BCUT2D eigenvalue weighted by molar-refractivity contribution is -0.122. The molecule has 0 fully saturated rings. The molecule has 0 aliphatic rings. The zero-order valence-electron chi connectivity index (χ0n) is 13.1. The molecule has 0 heterocycles. The van der Waals surface area contributed by atoms with Crippen LogP contribution in [-0.4, -0.2) is 25.1 Å². The van der Waals surface area contributed by atoms with Gasteiger partial charge in [0.05, 0.1) is 13.7 Å². The standard InChI is InChI=1S/C16H26N2O2/c1-6-16(3,4)18-15(19)11-17-12(2)13-8-7-9-14(10-13)20-5/h7-10,12,17H,6,11H2,1-5H3,(H,18,19)/t12-/m1/s1. The molecule has 0 saturated carbocycles. The number of hydrogen-bond acceptors (Lipinski definition) is 3. The van der Waals surface area contributed by atoms with Gasteiger partial charge in [0.1, 0.15) is 5.75 Å². The van der Waals surface area contributed by atoms with Crippen molar-refractivity contribution in [2.45, 2.75) is 45.7 Å². The van der Waals surface area contributed by atoms with E-state index in [-0.39, 0.29) is 17.5 Å². The van der Waals surface area contributed by atoms with Crippen LogP contribution < -0.4 is 15.4 Å². The van der Waals surface area contributed by atoms with Gasteiger partial charge in [-0.1, -0.05) is 19.1 Å². The van der Waals surface area contributed by atoms with Gasteiger partial charge in [0.2, 0.25) is 5.91 Å². The summed E-state index contributed by atoms with van der Waals surface area (Å²) < 4.78 is 5.20. The highest BCUT2D eigenvalue weighted by molar-refractivity contribution is 5.78. The Morgan fingerprint density at radius 2 is 2.10 bits per heavy atom. The normalized spacial score (nSPS) is 12.8. The molecule has 1 aromatic carbocycles. The van der Waals surface area contributed by atoms with Crippen LogP contribution in [-0.2, 0) is 4.79 Å². The van der Waals surface area contributed by atoms with E-state index in [2.05, 4.69) is 17.6 Å². The SMILES string of the molecule is CCC(C)(C)NC(=O)CN[C@H](C)c1cccc(OC)c1. The Balaban J connectivity index is 2.50. The Hall–Kier alpha value is -1.55. The second-order valence-electron chi connectivity index (χ2n) is 5.66. The van der Waals surface area contributed by atoms with Crippen LogP contribution in [0.3, 0.4) is 0 Å². The van der Waals surface area contributed by atoms with Crippen LogP contribution in [0.15, 0.2) is 24.3 Å². The number of rotatable bonds is 7. The molecule has 4 heteroatoms. The fraction of sp³-hybridized carbons (Fsp3) is 0.562. The van der Waals surface area contributed by atoms with Crippen molar-refractivity contribution in [1.82, 2.24) is 10.6 Å². The zero-order chi connectivity index (χ0) is 15.2. The maximum Gasteiger partial charge on any atom is 0.234 e. The minimum absolute atomic E-state index is 0.0200. The number of amides is 1. The first kappa shape index (κ1) is 16.5. The van der Waals surface area contributed by atoms with E-state index >= 15 is 0 Å². The molecule has 1 rings (SSSR count). The monoisotopic (exact) mass is 278 g/mol. The van der Waals surface area contributed by atoms with Crippen LogP contribution in [0.25, 0.3) is 0 Å². The number of nitrogens with one attached hydrogen (secondary N) is 2. The van der Waals surface area contributed by atoms with E-state index in [4.69, 9.17) is 4.74 Å². The molecule has 20 heavy (non-hydrogen) atoms. The summed E-state index contributed by atoms with van der Waals surface area (Å²) in [6.45, 7) is 8.45. The third-order valence-electron chi connectivity index (χ3n) is 3.52. The molecule has 0 spiro atoms. The van der Waals surface area contributed by atoms with Gasteiger partial charge in [0.15, 0.2) is 0 Å². The van der Waals surface area contributed by atoms with Gasteiger partial charge in [0.25, 0.3) is 0 Å². The van der Waals surface area contributed by atoms with Crippen molar-refractivity contribution in [2.24, 2.45) is 0 Å². The van der Waals surface area contributed by atoms with Crippen molar-refractivity contribution in [3.8, 4) is 5.75 Å². The molecule has 4 nitrogen and oxygen atoms in total. The van der Waals surface area contributed by atoms with Gasteiger partial charge in [-0.25, -0.2) is 0 Å². The molecule has 1 atom stereocenters. The second kappa shape index (κ2) is 7.29. The molecule has 0 aliphatic heterocycles. The van der Waals surface area contributed by atoms with Crippen molar-refractivity contribution in [2.75, 3.05) is 13.7 Å². The van der Waals surface area contributed by atoms with E-state index < -0.39 is 0 Å². The van der Waals surface area contributed by atoms with E-state index in [1.54, 1.807) is 7.11 Å². The van der Waals surface area contributed by atoms with Crippen LogP contribution in [0.2, 0.25) is 0 Å². The lowest BCUT2D eigenvalue weighted by Crippen LogP contribution is -2.46. The number of benzene rings is 1. The fourth-order valence-electron chi connectivity index (χ4n) is 1.78. The zero-order valence-corrected chi connectivity index (χ0v) is 13.1. The molecule has 0 unspecified atom stereocenters. The van der Waals surface area contributed by atoms with Crippen molar-refractivity contribution >= 4 is 5.91 Å². The molecule has 1 aromatic rings. The van der Waals surface area contributed by atoms with Gasteiger partial charge in [-0.05, 0) is 44.9 Å². The number of ether oxygens (including phenoxy) is 1. The molecular weight excluding hydrogens is 252 g/mol. The molecule has 112 valence electrons. The molecule has 1 amide bonds. The third kappa shape index (κ3) is 5.21. The highest BCUT2D eigenvalue weighted by atomic mass is 16.5. The van der Waals surface area contributed by atoms with Crippen molar-refractivity contribution < 1.29 is 9.53 Å². The Bertz CT molecular complexity index is 444. The molecule has 0 aliphatic carbocycles. The molecule has 0 aromatic heterocycles. The Morgan fingerprint density at radius 1 is 1.40 bits per heavy atom. The summed E-state index contributed by atoms with van der Waals surface area (Å²) in [5.41, 5.74) is 0.949. The Labute approximate surface area is 121 Å². The van der Waals surface area contributed by atoms with Crippen LogP contribution in [0.1, 0.15) is 45.7 Å². The summed E-state index contributed by atoms with van der Waals surface area (Å²) in [5, 5.41) is 6.24. The van der Waals surface area contributed by atoms with E-state index in [0.29, 0.717) is 6.54 Å². The summed E-state index contributed by atoms with van der Waals surface area (Å²) in [7, 11) is 1.65. The predicted molar refractivity (Wildman–Crippen MR) is 81.9 cm³/mol. The summed E-state index contributed by atoms with van der Waals surface area (Å²) in [5.74, 6) is 0.847. The number of hydrogen-bond donors (Lipinski definition) is 2. The van der Waals surface area contributed by atoms with Crippen molar-refractivity contribution in [3.05, 3.63) is 29.8 Å². The number of carbonyl (C=O) groups is 1. The molecule has 0 radical (unpaired) electrons. The third-order valence-corrected chi connectivity index (χ3v) is 3.52. The largest absolute Gasteiger partial charge is 0.497 e.